The molecule has 0 aliphatic carbocycles. The minimum atomic E-state index is -0.907. The van der Waals surface area contributed by atoms with Crippen molar-refractivity contribution in [3.05, 3.63) is 71.8 Å². The van der Waals surface area contributed by atoms with Crippen LogP contribution in [-0.2, 0) is 20.1 Å². The fraction of sp³-hybridized carbons (Fsp3) is 0.350. The predicted octanol–water partition coefficient (Wildman–Crippen LogP) is 2.62. The lowest BCUT2D eigenvalue weighted by molar-refractivity contribution is -0.148. The highest BCUT2D eigenvalue weighted by molar-refractivity contribution is 5.80. The second-order valence-electron chi connectivity index (χ2n) is 6.37. The van der Waals surface area contributed by atoms with E-state index in [2.05, 4.69) is 5.32 Å². The number of ketones is 1. The molecule has 0 radical (unpaired) electrons. The number of carbonyl (C=O) groups excluding carboxylic acids is 1. The van der Waals surface area contributed by atoms with Crippen LogP contribution in [0.1, 0.15) is 24.0 Å². The topological polar surface area (TPSA) is 47.6 Å². The van der Waals surface area contributed by atoms with E-state index in [1.807, 2.05) is 60.7 Å². The summed E-state index contributed by atoms with van der Waals surface area (Å²) in [6.45, 7) is 1.18. The fourth-order valence-corrected chi connectivity index (χ4v) is 3.54. The average Bonchev–Trinajstić information content (AvgIpc) is 3.10. The van der Waals surface area contributed by atoms with Crippen LogP contribution in [0.15, 0.2) is 60.7 Å². The number of piperidine rings is 1. The fourth-order valence-electron chi connectivity index (χ4n) is 3.54. The first kappa shape index (κ1) is 15.5. The third-order valence-electron chi connectivity index (χ3n) is 4.78. The summed E-state index contributed by atoms with van der Waals surface area (Å²) in [5.74, 6) is -0.616. The molecule has 2 aliphatic rings. The number of Topliss-reactive ketones (excluding diaryl/α,β-unsaturated/α-hetero) is 1. The van der Waals surface area contributed by atoms with Crippen LogP contribution < -0.4 is 5.32 Å². The summed E-state index contributed by atoms with van der Waals surface area (Å²) in [6.07, 6.45) is 0.968. The summed E-state index contributed by atoms with van der Waals surface area (Å²) < 4.78 is 12.7. The summed E-state index contributed by atoms with van der Waals surface area (Å²) in [7, 11) is 0. The van der Waals surface area contributed by atoms with Gasteiger partial charge in [-0.25, -0.2) is 0 Å². The molecule has 4 heteroatoms. The maximum absolute atomic E-state index is 11.8. The van der Waals surface area contributed by atoms with Crippen LogP contribution in [0.25, 0.3) is 0 Å². The van der Waals surface area contributed by atoms with Gasteiger partial charge in [0.25, 0.3) is 0 Å². The number of ether oxygens (including phenoxy) is 2. The molecule has 124 valence electrons. The van der Waals surface area contributed by atoms with E-state index < -0.39 is 5.79 Å². The van der Waals surface area contributed by atoms with Crippen LogP contribution >= 0.6 is 0 Å². The van der Waals surface area contributed by atoms with Crippen molar-refractivity contribution in [3.8, 4) is 0 Å². The highest BCUT2D eigenvalue weighted by Gasteiger charge is 2.47. The van der Waals surface area contributed by atoms with Crippen LogP contribution in [0.4, 0.5) is 0 Å². The van der Waals surface area contributed by atoms with E-state index in [1.165, 1.54) is 0 Å². The first-order valence-electron chi connectivity index (χ1n) is 8.46. The standard InChI is InChI=1S/C20H21NO3/c22-17-11-12-21-18(13-17)19-14-23-20(24-19,15-7-3-1-4-8-15)16-9-5-2-6-10-16/h1-10,18-19,21H,11-14H2/t18-,19+/m0/s1. The highest BCUT2D eigenvalue weighted by atomic mass is 16.7. The van der Waals surface area contributed by atoms with Crippen molar-refractivity contribution in [1.29, 1.82) is 0 Å². The molecule has 2 atom stereocenters. The van der Waals surface area contributed by atoms with Crippen LogP contribution in [0, 0.1) is 0 Å². The monoisotopic (exact) mass is 323 g/mol. The molecule has 2 aliphatic heterocycles. The zero-order chi connectivity index (χ0) is 16.4. The van der Waals surface area contributed by atoms with Crippen molar-refractivity contribution >= 4 is 5.78 Å². The summed E-state index contributed by atoms with van der Waals surface area (Å²) in [5.41, 5.74) is 1.95. The number of benzene rings is 2. The van der Waals surface area contributed by atoms with E-state index in [0.717, 1.165) is 11.1 Å². The first-order chi connectivity index (χ1) is 11.8. The van der Waals surface area contributed by atoms with E-state index in [1.54, 1.807) is 0 Å². The van der Waals surface area contributed by atoms with Crippen LogP contribution in [0.2, 0.25) is 0 Å². The highest BCUT2D eigenvalue weighted by Crippen LogP contribution is 2.41. The summed E-state index contributed by atoms with van der Waals surface area (Å²) >= 11 is 0. The predicted molar refractivity (Wildman–Crippen MR) is 90.5 cm³/mol. The lowest BCUT2D eigenvalue weighted by Crippen LogP contribution is -2.47. The Bertz CT molecular complexity index is 662. The number of rotatable bonds is 3. The second kappa shape index (κ2) is 6.48. The van der Waals surface area contributed by atoms with Gasteiger partial charge < -0.3 is 14.8 Å². The summed E-state index contributed by atoms with van der Waals surface area (Å²) in [5, 5.41) is 3.41. The molecule has 4 rings (SSSR count). The molecule has 2 aromatic rings. The van der Waals surface area contributed by atoms with Crippen molar-refractivity contribution in [2.75, 3.05) is 13.2 Å². The molecule has 1 N–H and O–H groups in total. The minimum absolute atomic E-state index is 0.0144. The molecular weight excluding hydrogens is 302 g/mol. The van der Waals surface area contributed by atoms with Crippen LogP contribution in [0.3, 0.4) is 0 Å². The Hall–Kier alpha value is -2.01. The maximum Gasteiger partial charge on any atom is 0.222 e. The zero-order valence-corrected chi connectivity index (χ0v) is 13.5. The van der Waals surface area contributed by atoms with Crippen molar-refractivity contribution in [2.45, 2.75) is 30.8 Å². The van der Waals surface area contributed by atoms with Gasteiger partial charge in [0.05, 0.1) is 6.61 Å². The van der Waals surface area contributed by atoms with E-state index in [9.17, 15) is 4.79 Å². The van der Waals surface area contributed by atoms with Gasteiger partial charge in [-0.15, -0.1) is 0 Å². The van der Waals surface area contributed by atoms with Crippen molar-refractivity contribution < 1.29 is 14.3 Å². The molecule has 0 saturated carbocycles. The molecule has 24 heavy (non-hydrogen) atoms. The number of hydrogen-bond acceptors (Lipinski definition) is 4. The minimum Gasteiger partial charge on any atom is -0.339 e. The number of nitrogens with one attached hydrogen (secondary N) is 1. The molecule has 0 spiro atoms. The quantitative estimate of drug-likeness (QED) is 0.943. The van der Waals surface area contributed by atoms with Gasteiger partial charge in [-0.3, -0.25) is 4.79 Å². The third kappa shape index (κ3) is 2.77. The molecule has 0 unspecified atom stereocenters. The van der Waals surface area contributed by atoms with Gasteiger partial charge in [-0.1, -0.05) is 60.7 Å². The molecule has 2 saturated heterocycles. The second-order valence-corrected chi connectivity index (χ2v) is 6.37. The average molecular weight is 323 g/mol. The largest absolute Gasteiger partial charge is 0.339 e. The SMILES string of the molecule is O=C1CCN[C@H]([C@H]2COC(c3ccccc3)(c3ccccc3)O2)C1. The van der Waals surface area contributed by atoms with E-state index in [-0.39, 0.29) is 12.1 Å². The van der Waals surface area contributed by atoms with E-state index in [4.69, 9.17) is 9.47 Å². The first-order valence-corrected chi connectivity index (χ1v) is 8.46. The normalized spacial score (nSPS) is 26.4. The maximum atomic E-state index is 11.8. The Morgan fingerprint density at radius 2 is 1.58 bits per heavy atom. The Kier molecular flexibility index (Phi) is 4.19. The van der Waals surface area contributed by atoms with Gasteiger partial charge in [-0.2, -0.15) is 0 Å². The number of carbonyl (C=O) groups is 1. The molecule has 0 aromatic heterocycles. The van der Waals surface area contributed by atoms with Gasteiger partial charge in [-0.05, 0) is 0 Å². The van der Waals surface area contributed by atoms with Crippen LogP contribution in [0.5, 0.6) is 0 Å². The molecule has 2 aromatic carbocycles. The lowest BCUT2D eigenvalue weighted by atomic mass is 9.96. The summed E-state index contributed by atoms with van der Waals surface area (Å²) in [4.78, 5) is 11.8. The van der Waals surface area contributed by atoms with Gasteiger partial charge >= 0.3 is 0 Å². The third-order valence-corrected chi connectivity index (χ3v) is 4.78. The van der Waals surface area contributed by atoms with Crippen molar-refractivity contribution in [2.24, 2.45) is 0 Å². The molecular formula is C20H21NO3. The Balaban J connectivity index is 1.67. The molecule has 2 fully saturated rings. The van der Waals surface area contributed by atoms with Gasteiger partial charge in [0.15, 0.2) is 0 Å². The van der Waals surface area contributed by atoms with Crippen molar-refractivity contribution in [1.82, 2.24) is 5.32 Å². The Labute approximate surface area is 141 Å². The molecule has 0 amide bonds. The summed E-state index contributed by atoms with van der Waals surface area (Å²) in [6, 6.07) is 20.0. The van der Waals surface area contributed by atoms with E-state index in [0.29, 0.717) is 31.8 Å². The van der Waals surface area contributed by atoms with Gasteiger partial charge in [0.2, 0.25) is 5.79 Å². The smallest absolute Gasteiger partial charge is 0.222 e. The van der Waals surface area contributed by atoms with E-state index >= 15 is 0 Å². The van der Waals surface area contributed by atoms with Crippen molar-refractivity contribution in [3.63, 3.8) is 0 Å². The Morgan fingerprint density at radius 1 is 0.958 bits per heavy atom. The van der Waals surface area contributed by atoms with Gasteiger partial charge in [0.1, 0.15) is 11.9 Å². The molecule has 4 nitrogen and oxygen atoms in total. The zero-order valence-electron chi connectivity index (χ0n) is 13.5. The van der Waals surface area contributed by atoms with Gasteiger partial charge in [0, 0.05) is 36.6 Å². The Morgan fingerprint density at radius 3 is 2.17 bits per heavy atom. The molecule has 2 heterocycles. The van der Waals surface area contributed by atoms with Crippen LogP contribution in [-0.4, -0.2) is 31.1 Å². The lowest BCUT2D eigenvalue weighted by Gasteiger charge is -2.32. The molecule has 0 bridgehead atoms. The number of hydrogen-bond donors (Lipinski definition) is 1.